The molecule has 2 N–H and O–H groups in total. The van der Waals surface area contributed by atoms with E-state index in [-0.39, 0.29) is 27.7 Å². The Morgan fingerprint density at radius 2 is 0.979 bits per heavy atom. The fraction of sp³-hybridized carbons (Fsp3) is 0.212. The highest BCUT2D eigenvalue weighted by Crippen LogP contribution is 2.25. The van der Waals surface area contributed by atoms with Gasteiger partial charge in [-0.2, -0.15) is 0 Å². The average molecular weight is 685 g/mol. The van der Waals surface area contributed by atoms with Gasteiger partial charge >= 0.3 is 0 Å². The summed E-state index contributed by atoms with van der Waals surface area (Å²) in [5, 5.41) is 5.24. The van der Waals surface area contributed by atoms with Crippen LogP contribution >= 0.6 is 0 Å². The largest absolute Gasteiger partial charge is 0.352 e. The molecule has 1 atom stereocenters. The molecule has 0 fully saturated rings. The molecule has 0 aliphatic carbocycles. The van der Waals surface area contributed by atoms with E-state index in [1.54, 1.807) is 55.5 Å². The molecule has 0 aliphatic heterocycles. The van der Waals surface area contributed by atoms with Crippen LogP contribution in [0.2, 0.25) is 0 Å². The summed E-state index contributed by atoms with van der Waals surface area (Å²) in [6.07, 6.45) is 0. The van der Waals surface area contributed by atoms with Crippen LogP contribution in [0.3, 0.4) is 0 Å². The number of nitrogens with one attached hydrogen (secondary N) is 2. The van der Waals surface area contributed by atoms with Crippen LogP contribution in [0.1, 0.15) is 18.1 Å². The minimum Gasteiger partial charge on any atom is -0.352 e. The van der Waals surface area contributed by atoms with Crippen molar-refractivity contribution >= 4 is 43.2 Å². The number of aryl methyl sites for hydroxylation is 2. The molecule has 4 rings (SSSR count). The van der Waals surface area contributed by atoms with Crippen molar-refractivity contribution in [2.75, 3.05) is 28.2 Å². The van der Waals surface area contributed by atoms with E-state index in [0.717, 1.165) is 68.3 Å². The van der Waals surface area contributed by atoms with E-state index in [0.29, 0.717) is 0 Å². The number of nitrogens with zero attached hydrogens (tertiary/aromatic N) is 2. The SMILES string of the molecule is Cc1ccc(N(CC(=O)NC[C@H](C)NC(=O)CN(c2ccc(C)cc2)S(=O)(=O)c2ccc(F)cc2)S(=O)(=O)c2ccc(F)cc2)cc1. The molecule has 47 heavy (non-hydrogen) atoms. The summed E-state index contributed by atoms with van der Waals surface area (Å²) in [4.78, 5) is 25.7. The van der Waals surface area contributed by atoms with Gasteiger partial charge < -0.3 is 10.6 Å². The topological polar surface area (TPSA) is 133 Å². The zero-order chi connectivity index (χ0) is 34.4. The van der Waals surface area contributed by atoms with E-state index in [4.69, 9.17) is 0 Å². The smallest absolute Gasteiger partial charge is 0.264 e. The fourth-order valence-electron chi connectivity index (χ4n) is 4.47. The number of sulfonamides is 2. The van der Waals surface area contributed by atoms with Gasteiger partial charge in [0.2, 0.25) is 11.8 Å². The van der Waals surface area contributed by atoms with Crippen LogP contribution in [0.5, 0.6) is 0 Å². The minimum atomic E-state index is -4.27. The predicted molar refractivity (Wildman–Crippen MR) is 175 cm³/mol. The molecule has 248 valence electrons. The van der Waals surface area contributed by atoms with E-state index >= 15 is 0 Å². The van der Waals surface area contributed by atoms with Crippen LogP contribution < -0.4 is 19.2 Å². The van der Waals surface area contributed by atoms with Gasteiger partial charge in [-0.15, -0.1) is 0 Å². The molecular weight excluding hydrogens is 651 g/mol. The number of benzene rings is 4. The van der Waals surface area contributed by atoms with Crippen molar-refractivity contribution in [1.82, 2.24) is 10.6 Å². The molecule has 0 saturated heterocycles. The van der Waals surface area contributed by atoms with Crippen LogP contribution in [-0.4, -0.2) is 54.3 Å². The molecule has 0 bridgehead atoms. The van der Waals surface area contributed by atoms with Gasteiger partial charge in [-0.3, -0.25) is 18.2 Å². The first kappa shape index (κ1) is 35.0. The Bertz CT molecular complexity index is 1920. The van der Waals surface area contributed by atoms with Gasteiger partial charge in [-0.25, -0.2) is 25.6 Å². The quantitative estimate of drug-likeness (QED) is 0.216. The van der Waals surface area contributed by atoms with E-state index in [1.807, 2.05) is 13.8 Å². The zero-order valence-electron chi connectivity index (χ0n) is 25.9. The van der Waals surface area contributed by atoms with Gasteiger partial charge in [0.05, 0.1) is 21.2 Å². The molecule has 2 amide bonds. The Hall–Kier alpha value is -4.82. The Morgan fingerprint density at radius 1 is 0.617 bits per heavy atom. The van der Waals surface area contributed by atoms with Gasteiger partial charge in [-0.1, -0.05) is 35.4 Å². The predicted octanol–water partition coefficient (Wildman–Crippen LogP) is 4.29. The first-order valence-corrected chi connectivity index (χ1v) is 17.3. The second-order valence-electron chi connectivity index (χ2n) is 10.9. The molecule has 4 aromatic carbocycles. The molecular formula is C33H34F2N4O6S2. The summed E-state index contributed by atoms with van der Waals surface area (Å²) in [6, 6.07) is 20.7. The van der Waals surface area contributed by atoms with Crippen molar-refractivity contribution in [1.29, 1.82) is 0 Å². The monoisotopic (exact) mass is 684 g/mol. The molecule has 14 heteroatoms. The molecule has 0 aliphatic rings. The van der Waals surface area contributed by atoms with Crippen LogP contribution in [0, 0.1) is 25.5 Å². The molecule has 0 aromatic heterocycles. The summed E-state index contributed by atoms with van der Waals surface area (Å²) in [5.74, 6) is -2.60. The molecule has 0 radical (unpaired) electrons. The standard InChI is InChI=1S/C33H34F2N4O6S2/c1-23-4-12-28(13-5-23)38(46(42,43)30-16-8-26(34)9-17-30)21-32(40)36-20-25(3)37-33(41)22-39(29-14-6-24(2)7-15-29)47(44,45)31-18-10-27(35)11-19-31/h4-19,25H,20-22H2,1-3H3,(H,36,40)(H,37,41)/t25-/m0/s1. The summed E-state index contributed by atoms with van der Waals surface area (Å²) in [6.45, 7) is 3.89. The van der Waals surface area contributed by atoms with Crippen molar-refractivity contribution < 1.29 is 35.2 Å². The first-order valence-electron chi connectivity index (χ1n) is 14.4. The average Bonchev–Trinajstić information content (AvgIpc) is 3.03. The lowest BCUT2D eigenvalue weighted by Crippen LogP contribution is -2.48. The van der Waals surface area contributed by atoms with Crippen molar-refractivity contribution in [3.8, 4) is 0 Å². The summed E-state index contributed by atoms with van der Waals surface area (Å²) in [7, 11) is -8.53. The number of halogens is 2. The summed E-state index contributed by atoms with van der Waals surface area (Å²) >= 11 is 0. The third-order valence-corrected chi connectivity index (χ3v) is 10.6. The third kappa shape index (κ3) is 8.92. The van der Waals surface area contributed by atoms with Crippen molar-refractivity contribution in [2.45, 2.75) is 36.6 Å². The highest BCUT2D eigenvalue weighted by atomic mass is 32.2. The van der Waals surface area contributed by atoms with E-state index in [9.17, 15) is 35.2 Å². The van der Waals surface area contributed by atoms with Gasteiger partial charge in [0, 0.05) is 12.6 Å². The summed E-state index contributed by atoms with van der Waals surface area (Å²) in [5.41, 5.74) is 2.17. The Morgan fingerprint density at radius 3 is 1.36 bits per heavy atom. The number of hydrogen-bond acceptors (Lipinski definition) is 6. The molecule has 4 aromatic rings. The molecule has 0 unspecified atom stereocenters. The van der Waals surface area contributed by atoms with Crippen LogP contribution in [-0.2, 0) is 29.6 Å². The van der Waals surface area contributed by atoms with Crippen LogP contribution in [0.25, 0.3) is 0 Å². The number of anilines is 2. The van der Waals surface area contributed by atoms with Crippen molar-refractivity contribution in [2.24, 2.45) is 0 Å². The number of amides is 2. The van der Waals surface area contributed by atoms with Crippen LogP contribution in [0.15, 0.2) is 107 Å². The summed E-state index contributed by atoms with van der Waals surface area (Å²) < 4.78 is 82.8. The van der Waals surface area contributed by atoms with Gasteiger partial charge in [0.25, 0.3) is 20.0 Å². The number of hydrogen-bond donors (Lipinski definition) is 2. The highest BCUT2D eigenvalue weighted by Gasteiger charge is 2.29. The Kier molecular flexibility index (Phi) is 11.0. The molecule has 0 saturated carbocycles. The highest BCUT2D eigenvalue weighted by molar-refractivity contribution is 7.93. The van der Waals surface area contributed by atoms with E-state index in [2.05, 4.69) is 10.6 Å². The van der Waals surface area contributed by atoms with Crippen LogP contribution in [0.4, 0.5) is 20.2 Å². The number of carbonyl (C=O) groups is 2. The van der Waals surface area contributed by atoms with Crippen molar-refractivity contribution in [3.05, 3.63) is 120 Å². The lowest BCUT2D eigenvalue weighted by atomic mass is 10.2. The molecule has 0 heterocycles. The maximum atomic E-state index is 13.5. The zero-order valence-corrected chi connectivity index (χ0v) is 27.5. The second-order valence-corrected chi connectivity index (χ2v) is 14.6. The lowest BCUT2D eigenvalue weighted by molar-refractivity contribution is -0.122. The van der Waals surface area contributed by atoms with Crippen molar-refractivity contribution in [3.63, 3.8) is 0 Å². The fourth-order valence-corrected chi connectivity index (χ4v) is 7.32. The van der Waals surface area contributed by atoms with Gasteiger partial charge in [-0.05, 0) is 93.6 Å². The Labute approximate surface area is 273 Å². The van der Waals surface area contributed by atoms with E-state index in [1.165, 1.54) is 0 Å². The molecule has 0 spiro atoms. The lowest BCUT2D eigenvalue weighted by Gasteiger charge is -2.26. The third-order valence-electron chi connectivity index (χ3n) is 7.03. The maximum absolute atomic E-state index is 13.5. The minimum absolute atomic E-state index is 0.113. The normalized spacial score (nSPS) is 12.2. The van der Waals surface area contributed by atoms with Gasteiger partial charge in [0.15, 0.2) is 0 Å². The first-order chi connectivity index (χ1) is 22.2. The Balaban J connectivity index is 1.44. The maximum Gasteiger partial charge on any atom is 0.264 e. The van der Waals surface area contributed by atoms with Gasteiger partial charge in [0.1, 0.15) is 24.7 Å². The number of carbonyl (C=O) groups excluding carboxylic acids is 2. The number of rotatable bonds is 13. The van der Waals surface area contributed by atoms with E-state index < -0.39 is 62.6 Å². The second kappa shape index (κ2) is 14.7. The molecule has 10 nitrogen and oxygen atoms in total.